The van der Waals surface area contributed by atoms with Crippen LogP contribution in [0.5, 0.6) is 0 Å². The van der Waals surface area contributed by atoms with Crippen molar-refractivity contribution in [1.82, 2.24) is 20.3 Å². The summed E-state index contributed by atoms with van der Waals surface area (Å²) in [4.78, 5) is 14.6. The van der Waals surface area contributed by atoms with Crippen LogP contribution in [0.1, 0.15) is 0 Å². The van der Waals surface area contributed by atoms with Crippen molar-refractivity contribution in [2.45, 2.75) is 12.1 Å². The van der Waals surface area contributed by atoms with Crippen LogP contribution < -0.4 is 10.2 Å². The van der Waals surface area contributed by atoms with Crippen molar-refractivity contribution in [3.05, 3.63) is 29.0 Å². The van der Waals surface area contributed by atoms with E-state index in [2.05, 4.69) is 53.2 Å². The summed E-state index contributed by atoms with van der Waals surface area (Å²) in [5.74, 6) is 1.02. The van der Waals surface area contributed by atoms with Gasteiger partial charge in [-0.15, -0.1) is 0 Å². The van der Waals surface area contributed by atoms with E-state index >= 15 is 0 Å². The SMILES string of the molecule is Brc1ccc2[nH]c3ncnc(N4CC(NC5COC5)C4)c3c2c1. The molecule has 2 aliphatic rings. The number of nitrogens with one attached hydrogen (secondary N) is 2. The van der Waals surface area contributed by atoms with Crippen LogP contribution in [-0.2, 0) is 4.74 Å². The normalized spacial score (nSPS) is 19.3. The fourth-order valence-electron chi connectivity index (χ4n) is 3.34. The van der Waals surface area contributed by atoms with Crippen LogP contribution in [0.3, 0.4) is 0 Å². The van der Waals surface area contributed by atoms with Crippen LogP contribution in [0.25, 0.3) is 21.9 Å². The Hall–Kier alpha value is -1.70. The Kier molecular flexibility index (Phi) is 3.07. The van der Waals surface area contributed by atoms with Crippen molar-refractivity contribution in [2.75, 3.05) is 31.2 Å². The van der Waals surface area contributed by atoms with Gasteiger partial charge < -0.3 is 19.9 Å². The molecule has 2 saturated heterocycles. The van der Waals surface area contributed by atoms with Crippen molar-refractivity contribution >= 4 is 43.7 Å². The Labute approximate surface area is 141 Å². The Bertz CT molecular complexity index is 885. The highest BCUT2D eigenvalue weighted by Gasteiger charge is 2.32. The molecule has 2 aliphatic heterocycles. The zero-order chi connectivity index (χ0) is 15.4. The molecule has 7 heteroatoms. The lowest BCUT2D eigenvalue weighted by molar-refractivity contribution is -0.0114. The molecule has 23 heavy (non-hydrogen) atoms. The average molecular weight is 374 g/mol. The fraction of sp³-hybridized carbons (Fsp3) is 0.375. The highest BCUT2D eigenvalue weighted by atomic mass is 79.9. The number of rotatable bonds is 3. The zero-order valence-corrected chi connectivity index (χ0v) is 14.0. The van der Waals surface area contributed by atoms with E-state index in [0.717, 1.165) is 58.5 Å². The maximum Gasteiger partial charge on any atom is 0.143 e. The Morgan fingerprint density at radius 1 is 1.22 bits per heavy atom. The van der Waals surface area contributed by atoms with Gasteiger partial charge >= 0.3 is 0 Å². The largest absolute Gasteiger partial charge is 0.378 e. The average Bonchev–Trinajstić information content (AvgIpc) is 2.82. The predicted octanol–water partition coefficient (Wildman–Crippen LogP) is 2.05. The van der Waals surface area contributed by atoms with E-state index in [1.54, 1.807) is 6.33 Å². The summed E-state index contributed by atoms with van der Waals surface area (Å²) >= 11 is 3.56. The molecule has 2 aromatic heterocycles. The summed E-state index contributed by atoms with van der Waals surface area (Å²) in [6.45, 7) is 3.63. The molecule has 5 rings (SSSR count). The Balaban J connectivity index is 1.49. The molecule has 0 spiro atoms. The van der Waals surface area contributed by atoms with E-state index in [4.69, 9.17) is 4.74 Å². The van der Waals surface area contributed by atoms with E-state index in [1.807, 2.05) is 6.07 Å². The first kappa shape index (κ1) is 13.7. The Morgan fingerprint density at radius 2 is 2.09 bits per heavy atom. The monoisotopic (exact) mass is 373 g/mol. The summed E-state index contributed by atoms with van der Waals surface area (Å²) in [6.07, 6.45) is 1.64. The van der Waals surface area contributed by atoms with Gasteiger partial charge in [-0.05, 0) is 18.2 Å². The zero-order valence-electron chi connectivity index (χ0n) is 12.4. The third-order valence-corrected chi connectivity index (χ3v) is 5.12. The fourth-order valence-corrected chi connectivity index (χ4v) is 3.70. The maximum atomic E-state index is 5.22. The third-order valence-electron chi connectivity index (χ3n) is 4.62. The van der Waals surface area contributed by atoms with Gasteiger partial charge in [0.15, 0.2) is 0 Å². The van der Waals surface area contributed by atoms with E-state index in [0.29, 0.717) is 12.1 Å². The molecule has 0 amide bonds. The highest BCUT2D eigenvalue weighted by Crippen LogP contribution is 2.34. The van der Waals surface area contributed by atoms with Gasteiger partial charge in [0, 0.05) is 34.5 Å². The van der Waals surface area contributed by atoms with Crippen molar-refractivity contribution < 1.29 is 4.74 Å². The summed E-state index contributed by atoms with van der Waals surface area (Å²) < 4.78 is 6.28. The number of nitrogens with zero attached hydrogens (tertiary/aromatic N) is 3. The lowest BCUT2D eigenvalue weighted by atomic mass is 10.1. The van der Waals surface area contributed by atoms with Gasteiger partial charge in [-0.2, -0.15) is 0 Å². The van der Waals surface area contributed by atoms with Crippen LogP contribution in [0.4, 0.5) is 5.82 Å². The molecule has 2 fully saturated rings. The first-order valence-electron chi connectivity index (χ1n) is 7.78. The number of hydrogen-bond donors (Lipinski definition) is 2. The van der Waals surface area contributed by atoms with E-state index in [9.17, 15) is 0 Å². The molecule has 1 aromatic carbocycles. The molecule has 0 unspecified atom stereocenters. The standard InChI is InChI=1S/C16H16BrN5O/c17-9-1-2-13-12(3-9)14-15(21-13)18-8-19-16(14)22-4-10(5-22)20-11-6-23-7-11/h1-3,8,10-11,20H,4-7H2,(H,18,19,21). The quantitative estimate of drug-likeness (QED) is 0.735. The molecule has 118 valence electrons. The van der Waals surface area contributed by atoms with Crippen LogP contribution in [0, 0.1) is 0 Å². The summed E-state index contributed by atoms with van der Waals surface area (Å²) in [6, 6.07) is 7.28. The second-order valence-corrected chi connectivity index (χ2v) is 7.15. The minimum atomic E-state index is 0.519. The number of anilines is 1. The molecule has 4 heterocycles. The number of ether oxygens (including phenoxy) is 1. The maximum absolute atomic E-state index is 5.22. The first-order valence-corrected chi connectivity index (χ1v) is 8.58. The molecule has 3 aromatic rings. The van der Waals surface area contributed by atoms with E-state index in [-0.39, 0.29) is 0 Å². The van der Waals surface area contributed by atoms with Crippen molar-refractivity contribution in [1.29, 1.82) is 0 Å². The van der Waals surface area contributed by atoms with Gasteiger partial charge in [0.25, 0.3) is 0 Å². The van der Waals surface area contributed by atoms with Crippen LogP contribution in [-0.4, -0.2) is 53.3 Å². The molecular formula is C16H16BrN5O. The number of benzene rings is 1. The predicted molar refractivity (Wildman–Crippen MR) is 92.8 cm³/mol. The third kappa shape index (κ3) is 2.22. The number of H-pyrrole nitrogens is 1. The van der Waals surface area contributed by atoms with E-state index < -0.39 is 0 Å². The second kappa shape index (κ2) is 5.15. The Morgan fingerprint density at radius 3 is 2.87 bits per heavy atom. The summed E-state index contributed by atoms with van der Waals surface area (Å²) in [5, 5.41) is 5.88. The molecular weight excluding hydrogens is 358 g/mol. The number of aromatic nitrogens is 3. The van der Waals surface area contributed by atoms with Crippen LogP contribution >= 0.6 is 15.9 Å². The number of fused-ring (bicyclic) bond motifs is 3. The lowest BCUT2D eigenvalue weighted by Gasteiger charge is -2.43. The molecule has 6 nitrogen and oxygen atoms in total. The molecule has 2 N–H and O–H groups in total. The molecule has 0 saturated carbocycles. The van der Waals surface area contributed by atoms with Gasteiger partial charge in [0.1, 0.15) is 17.8 Å². The second-order valence-electron chi connectivity index (χ2n) is 6.24. The van der Waals surface area contributed by atoms with Crippen molar-refractivity contribution in [3.8, 4) is 0 Å². The van der Waals surface area contributed by atoms with Gasteiger partial charge in [0.05, 0.1) is 24.6 Å². The first-order chi connectivity index (χ1) is 11.3. The number of hydrogen-bond acceptors (Lipinski definition) is 5. The van der Waals surface area contributed by atoms with Crippen LogP contribution in [0.15, 0.2) is 29.0 Å². The van der Waals surface area contributed by atoms with Crippen LogP contribution in [0.2, 0.25) is 0 Å². The van der Waals surface area contributed by atoms with Gasteiger partial charge in [-0.3, -0.25) is 0 Å². The van der Waals surface area contributed by atoms with E-state index in [1.165, 1.54) is 0 Å². The molecule has 0 radical (unpaired) electrons. The lowest BCUT2D eigenvalue weighted by Crippen LogP contribution is -2.63. The van der Waals surface area contributed by atoms with Gasteiger partial charge in [-0.25, -0.2) is 9.97 Å². The van der Waals surface area contributed by atoms with Crippen molar-refractivity contribution in [2.24, 2.45) is 0 Å². The minimum Gasteiger partial charge on any atom is -0.378 e. The number of halogens is 1. The molecule has 0 bridgehead atoms. The summed E-state index contributed by atoms with van der Waals surface area (Å²) in [7, 11) is 0. The van der Waals surface area contributed by atoms with Gasteiger partial charge in [-0.1, -0.05) is 15.9 Å². The highest BCUT2D eigenvalue weighted by molar-refractivity contribution is 9.10. The molecule has 0 aliphatic carbocycles. The van der Waals surface area contributed by atoms with Gasteiger partial charge in [0.2, 0.25) is 0 Å². The number of aromatic amines is 1. The topological polar surface area (TPSA) is 66.1 Å². The van der Waals surface area contributed by atoms with Crippen molar-refractivity contribution in [3.63, 3.8) is 0 Å². The smallest absolute Gasteiger partial charge is 0.143 e. The molecule has 0 atom stereocenters. The summed E-state index contributed by atoms with van der Waals surface area (Å²) in [5.41, 5.74) is 1.98. The minimum absolute atomic E-state index is 0.519.